The van der Waals surface area contributed by atoms with E-state index < -0.39 is 10.0 Å². The number of sulfonamides is 1. The van der Waals surface area contributed by atoms with Gasteiger partial charge in [0.05, 0.1) is 31.6 Å². The second kappa shape index (κ2) is 9.66. The fourth-order valence-corrected chi connectivity index (χ4v) is 4.20. The Hall–Kier alpha value is -3.32. The zero-order valence-electron chi connectivity index (χ0n) is 17.8. The summed E-state index contributed by atoms with van der Waals surface area (Å²) in [5, 5.41) is 2.96. The van der Waals surface area contributed by atoms with E-state index in [1.54, 1.807) is 31.4 Å². The van der Waals surface area contributed by atoms with Crippen molar-refractivity contribution >= 4 is 21.6 Å². The zero-order valence-corrected chi connectivity index (χ0v) is 18.6. The molecule has 0 saturated heterocycles. The van der Waals surface area contributed by atoms with Crippen LogP contribution in [0, 0.1) is 0 Å². The highest BCUT2D eigenvalue weighted by Crippen LogP contribution is 2.25. The van der Waals surface area contributed by atoms with Gasteiger partial charge in [0, 0.05) is 11.1 Å². The van der Waals surface area contributed by atoms with Gasteiger partial charge in [0.2, 0.25) is 10.0 Å². The molecule has 0 spiro atoms. The summed E-state index contributed by atoms with van der Waals surface area (Å²) < 4.78 is 31.4. The number of rotatable bonds is 8. The molecule has 162 valence electrons. The van der Waals surface area contributed by atoms with Gasteiger partial charge in [-0.1, -0.05) is 48.5 Å². The van der Waals surface area contributed by atoms with Crippen molar-refractivity contribution in [1.82, 2.24) is 5.32 Å². The third kappa shape index (κ3) is 5.64. The first kappa shape index (κ1) is 22.4. The molecule has 6 nitrogen and oxygen atoms in total. The number of carbonyl (C=O) groups is 1. The third-order valence-corrected chi connectivity index (χ3v) is 6.08. The number of benzene rings is 3. The molecule has 0 aliphatic heterocycles. The average molecular weight is 439 g/mol. The van der Waals surface area contributed by atoms with Gasteiger partial charge in [-0.05, 0) is 42.8 Å². The van der Waals surface area contributed by atoms with E-state index in [0.717, 1.165) is 11.1 Å². The minimum Gasteiger partial charge on any atom is -0.496 e. The van der Waals surface area contributed by atoms with Gasteiger partial charge >= 0.3 is 0 Å². The van der Waals surface area contributed by atoms with Crippen LogP contribution in [0.5, 0.6) is 5.75 Å². The number of para-hydroxylation sites is 1. The summed E-state index contributed by atoms with van der Waals surface area (Å²) >= 11 is 0. The summed E-state index contributed by atoms with van der Waals surface area (Å²) in [6, 6.07) is 23.2. The Morgan fingerprint density at radius 1 is 0.968 bits per heavy atom. The van der Waals surface area contributed by atoms with Crippen LogP contribution in [0.2, 0.25) is 0 Å². The number of amides is 1. The van der Waals surface area contributed by atoms with E-state index in [9.17, 15) is 13.2 Å². The highest BCUT2D eigenvalue weighted by atomic mass is 32.2. The van der Waals surface area contributed by atoms with Crippen molar-refractivity contribution in [3.8, 4) is 5.75 Å². The molecule has 1 N–H and O–H groups in total. The van der Waals surface area contributed by atoms with Crippen molar-refractivity contribution < 1.29 is 17.9 Å². The maximum Gasteiger partial charge on any atom is 0.251 e. The molecule has 0 radical (unpaired) electrons. The monoisotopic (exact) mass is 438 g/mol. The first-order chi connectivity index (χ1) is 14.8. The molecule has 3 rings (SSSR count). The molecule has 0 heterocycles. The molecule has 1 atom stereocenters. The lowest BCUT2D eigenvalue weighted by Crippen LogP contribution is -2.29. The normalized spacial score (nSPS) is 12.1. The molecule has 0 saturated carbocycles. The second-order valence-electron chi connectivity index (χ2n) is 7.24. The van der Waals surface area contributed by atoms with E-state index in [-0.39, 0.29) is 18.5 Å². The number of carbonyl (C=O) groups excluding carboxylic acids is 1. The molecule has 3 aromatic carbocycles. The van der Waals surface area contributed by atoms with E-state index in [1.807, 2.05) is 61.5 Å². The summed E-state index contributed by atoms with van der Waals surface area (Å²) in [6.45, 7) is 2.10. The molecular weight excluding hydrogens is 412 g/mol. The Morgan fingerprint density at radius 2 is 1.58 bits per heavy atom. The van der Waals surface area contributed by atoms with E-state index in [4.69, 9.17) is 4.74 Å². The fraction of sp³-hybridized carbons (Fsp3) is 0.208. The van der Waals surface area contributed by atoms with E-state index in [0.29, 0.717) is 17.0 Å². The lowest BCUT2D eigenvalue weighted by molar-refractivity contribution is 0.0939. The molecule has 0 aliphatic rings. The number of nitrogens with one attached hydrogen (secondary N) is 1. The van der Waals surface area contributed by atoms with Crippen LogP contribution in [0.3, 0.4) is 0 Å². The van der Waals surface area contributed by atoms with Crippen LogP contribution in [0.4, 0.5) is 5.69 Å². The molecule has 1 amide bonds. The molecular formula is C24H26N2O4S. The standard InChI is InChI=1S/C24H26N2O4S/c1-18(22-11-7-8-12-23(22)30-2)25-24(27)20-13-15-21(16-14-20)26(31(3,28)29)17-19-9-5-4-6-10-19/h4-16,18H,17H2,1-3H3,(H,25,27)/t18-/m1/s1. The van der Waals surface area contributed by atoms with Crippen LogP contribution in [0.15, 0.2) is 78.9 Å². The van der Waals surface area contributed by atoms with Crippen molar-refractivity contribution in [2.24, 2.45) is 0 Å². The van der Waals surface area contributed by atoms with Crippen LogP contribution in [-0.2, 0) is 16.6 Å². The summed E-state index contributed by atoms with van der Waals surface area (Å²) in [5.41, 5.74) is 2.70. The van der Waals surface area contributed by atoms with Crippen LogP contribution >= 0.6 is 0 Å². The number of ether oxygens (including phenoxy) is 1. The molecule has 7 heteroatoms. The first-order valence-corrected chi connectivity index (χ1v) is 11.7. The van der Waals surface area contributed by atoms with Gasteiger partial charge < -0.3 is 10.1 Å². The van der Waals surface area contributed by atoms with Gasteiger partial charge in [0.1, 0.15) is 5.75 Å². The lowest BCUT2D eigenvalue weighted by Gasteiger charge is -2.23. The number of nitrogens with zero attached hydrogens (tertiary/aromatic N) is 1. The molecule has 0 unspecified atom stereocenters. The minimum atomic E-state index is -3.49. The Kier molecular flexibility index (Phi) is 6.97. The Labute approximate surface area is 183 Å². The molecule has 0 fully saturated rings. The largest absolute Gasteiger partial charge is 0.496 e. The number of methoxy groups -OCH3 is 1. The summed E-state index contributed by atoms with van der Waals surface area (Å²) in [4.78, 5) is 12.7. The van der Waals surface area contributed by atoms with Crippen LogP contribution in [0.1, 0.15) is 34.5 Å². The zero-order chi connectivity index (χ0) is 22.4. The van der Waals surface area contributed by atoms with E-state index >= 15 is 0 Å². The van der Waals surface area contributed by atoms with E-state index in [1.165, 1.54) is 10.6 Å². The topological polar surface area (TPSA) is 75.7 Å². The predicted octanol–water partition coefficient (Wildman–Crippen LogP) is 4.15. The maximum absolute atomic E-state index is 12.7. The van der Waals surface area contributed by atoms with Gasteiger partial charge in [0.25, 0.3) is 5.91 Å². The lowest BCUT2D eigenvalue weighted by atomic mass is 10.1. The van der Waals surface area contributed by atoms with Gasteiger partial charge in [-0.25, -0.2) is 8.42 Å². The number of anilines is 1. The first-order valence-electron chi connectivity index (χ1n) is 9.85. The van der Waals surface area contributed by atoms with Crippen molar-refractivity contribution in [2.75, 3.05) is 17.7 Å². The molecule has 0 aliphatic carbocycles. The molecule has 31 heavy (non-hydrogen) atoms. The number of hydrogen-bond acceptors (Lipinski definition) is 4. The SMILES string of the molecule is COc1ccccc1[C@@H](C)NC(=O)c1ccc(N(Cc2ccccc2)S(C)(=O)=O)cc1. The van der Waals surface area contributed by atoms with Crippen LogP contribution in [0.25, 0.3) is 0 Å². The molecule has 3 aromatic rings. The number of hydrogen-bond donors (Lipinski definition) is 1. The Balaban J connectivity index is 1.77. The predicted molar refractivity (Wildman–Crippen MR) is 123 cm³/mol. The minimum absolute atomic E-state index is 0.218. The van der Waals surface area contributed by atoms with Crippen molar-refractivity contribution in [1.29, 1.82) is 0 Å². The highest BCUT2D eigenvalue weighted by molar-refractivity contribution is 7.92. The van der Waals surface area contributed by atoms with Crippen molar-refractivity contribution in [3.63, 3.8) is 0 Å². The van der Waals surface area contributed by atoms with Gasteiger partial charge in [0.15, 0.2) is 0 Å². The van der Waals surface area contributed by atoms with Crippen LogP contribution in [-0.4, -0.2) is 27.7 Å². The van der Waals surface area contributed by atoms with Crippen molar-refractivity contribution in [2.45, 2.75) is 19.5 Å². The smallest absolute Gasteiger partial charge is 0.251 e. The van der Waals surface area contributed by atoms with Crippen LogP contribution < -0.4 is 14.4 Å². The van der Waals surface area contributed by atoms with Gasteiger partial charge in [-0.15, -0.1) is 0 Å². The molecule has 0 bridgehead atoms. The Morgan fingerprint density at radius 3 is 2.19 bits per heavy atom. The highest BCUT2D eigenvalue weighted by Gasteiger charge is 2.19. The van der Waals surface area contributed by atoms with Crippen molar-refractivity contribution in [3.05, 3.63) is 95.6 Å². The summed E-state index contributed by atoms with van der Waals surface area (Å²) in [6.07, 6.45) is 1.17. The summed E-state index contributed by atoms with van der Waals surface area (Å²) in [5.74, 6) is 0.453. The molecule has 0 aromatic heterocycles. The van der Waals surface area contributed by atoms with E-state index in [2.05, 4.69) is 5.32 Å². The fourth-order valence-electron chi connectivity index (χ4n) is 3.31. The second-order valence-corrected chi connectivity index (χ2v) is 9.15. The Bertz CT molecular complexity index is 1130. The average Bonchev–Trinajstić information content (AvgIpc) is 2.77. The maximum atomic E-state index is 12.7. The quantitative estimate of drug-likeness (QED) is 0.573. The summed E-state index contributed by atoms with van der Waals surface area (Å²) in [7, 11) is -1.90. The third-order valence-electron chi connectivity index (χ3n) is 4.94. The van der Waals surface area contributed by atoms with Gasteiger partial charge in [-0.3, -0.25) is 9.10 Å². The van der Waals surface area contributed by atoms with Gasteiger partial charge in [-0.2, -0.15) is 0 Å².